The van der Waals surface area contributed by atoms with Gasteiger partial charge in [0.25, 0.3) is 0 Å². The van der Waals surface area contributed by atoms with E-state index in [1.165, 1.54) is 23.1 Å². The van der Waals surface area contributed by atoms with Crippen molar-refractivity contribution in [2.45, 2.75) is 18.5 Å². The normalized spacial score (nSPS) is 10.9. The second-order valence-electron chi connectivity index (χ2n) is 8.43. The molecule has 2 aromatic heterocycles. The fourth-order valence-electron chi connectivity index (χ4n) is 3.78. The summed E-state index contributed by atoms with van der Waals surface area (Å²) in [5.41, 5.74) is 3.95. The molecule has 5 rings (SSSR count). The zero-order chi connectivity index (χ0) is 26.5. The van der Waals surface area contributed by atoms with E-state index >= 15 is 0 Å². The lowest BCUT2D eigenvalue weighted by molar-refractivity contribution is -0.113. The van der Waals surface area contributed by atoms with Crippen LogP contribution in [0.1, 0.15) is 16.0 Å². The van der Waals surface area contributed by atoms with Gasteiger partial charge in [0.15, 0.2) is 16.1 Å². The molecule has 1 N–H and O–H groups in total. The van der Waals surface area contributed by atoms with E-state index in [4.69, 9.17) is 16.3 Å². The number of nitrogens with one attached hydrogen (secondary N) is 1. The zero-order valence-electron chi connectivity index (χ0n) is 20.7. The Morgan fingerprint density at radius 3 is 2.61 bits per heavy atom. The molecule has 0 spiro atoms. The molecule has 0 bridgehead atoms. The molecular formula is C28H24ClN5O2S2. The van der Waals surface area contributed by atoms with Crippen LogP contribution in [0.3, 0.4) is 0 Å². The number of thioether (sulfide) groups is 1. The number of rotatable bonds is 9. The summed E-state index contributed by atoms with van der Waals surface area (Å²) in [5.74, 6) is 1.44. The Kier molecular flexibility index (Phi) is 8.07. The molecule has 7 nitrogen and oxygen atoms in total. The predicted octanol–water partition coefficient (Wildman–Crippen LogP) is 6.68. The first kappa shape index (κ1) is 26.0. The van der Waals surface area contributed by atoms with Gasteiger partial charge in [0.05, 0.1) is 12.9 Å². The van der Waals surface area contributed by atoms with E-state index in [1.54, 1.807) is 13.3 Å². The summed E-state index contributed by atoms with van der Waals surface area (Å²) in [4.78, 5) is 18.2. The monoisotopic (exact) mass is 561 g/mol. The fraction of sp³-hybridized carbons (Fsp3) is 0.143. The molecule has 0 atom stereocenters. The van der Waals surface area contributed by atoms with Crippen LogP contribution in [0.25, 0.3) is 17.1 Å². The molecule has 192 valence electrons. The van der Waals surface area contributed by atoms with E-state index in [2.05, 4.69) is 26.6 Å². The van der Waals surface area contributed by atoms with Gasteiger partial charge in [0.2, 0.25) is 5.91 Å². The van der Waals surface area contributed by atoms with E-state index in [0.717, 1.165) is 38.0 Å². The molecule has 5 aromatic rings. The minimum absolute atomic E-state index is 0.163. The molecule has 0 aliphatic heterocycles. The lowest BCUT2D eigenvalue weighted by atomic mass is 10.1. The minimum Gasteiger partial charge on any atom is -0.497 e. The molecule has 0 radical (unpaired) electrons. The number of para-hydroxylation sites is 1. The van der Waals surface area contributed by atoms with Crippen LogP contribution in [0.2, 0.25) is 5.02 Å². The topological polar surface area (TPSA) is 81.9 Å². The number of carbonyl (C=O) groups is 1. The first-order valence-electron chi connectivity index (χ1n) is 11.8. The number of benzene rings is 3. The molecule has 1 amide bonds. The number of methoxy groups -OCH3 is 1. The zero-order valence-corrected chi connectivity index (χ0v) is 23.1. The van der Waals surface area contributed by atoms with Gasteiger partial charge in [-0.15, -0.1) is 21.5 Å². The highest BCUT2D eigenvalue weighted by Crippen LogP contribution is 2.29. The highest BCUT2D eigenvalue weighted by atomic mass is 35.5. The summed E-state index contributed by atoms with van der Waals surface area (Å²) in [7, 11) is 1.63. The number of nitrogens with zero attached hydrogens (tertiary/aromatic N) is 4. The molecule has 2 heterocycles. The molecule has 3 aromatic carbocycles. The first-order valence-corrected chi connectivity index (χ1v) is 14.0. The van der Waals surface area contributed by atoms with Gasteiger partial charge in [-0.1, -0.05) is 53.7 Å². The summed E-state index contributed by atoms with van der Waals surface area (Å²) < 4.78 is 7.23. The quantitative estimate of drug-likeness (QED) is 0.202. The smallest absolute Gasteiger partial charge is 0.236 e. The van der Waals surface area contributed by atoms with Crippen LogP contribution in [0.5, 0.6) is 5.75 Å². The number of hydrogen-bond acceptors (Lipinski definition) is 7. The third-order valence-corrected chi connectivity index (χ3v) is 7.99. The molecule has 10 heteroatoms. The van der Waals surface area contributed by atoms with Crippen molar-refractivity contribution in [1.29, 1.82) is 0 Å². The number of anilines is 1. The number of hydrogen-bond donors (Lipinski definition) is 1. The SMILES string of the molecule is COc1ccc(-c2nnc(SCC(=O)Nc3ncc(Cc4ccc(C)c(Cl)c4)s3)n2-c2ccccc2)cc1. The molecule has 0 fully saturated rings. The highest BCUT2D eigenvalue weighted by molar-refractivity contribution is 7.99. The van der Waals surface area contributed by atoms with Crippen LogP contribution >= 0.6 is 34.7 Å². The third kappa shape index (κ3) is 6.07. The number of carbonyl (C=O) groups excluding carboxylic acids is 1. The summed E-state index contributed by atoms with van der Waals surface area (Å²) >= 11 is 9.02. The molecule has 38 heavy (non-hydrogen) atoms. The number of ether oxygens (including phenoxy) is 1. The molecule has 0 aliphatic rings. The van der Waals surface area contributed by atoms with Gasteiger partial charge >= 0.3 is 0 Å². The van der Waals surface area contributed by atoms with Gasteiger partial charge in [-0.3, -0.25) is 9.36 Å². The minimum atomic E-state index is -0.164. The van der Waals surface area contributed by atoms with E-state index < -0.39 is 0 Å². The van der Waals surface area contributed by atoms with E-state index in [-0.39, 0.29) is 11.7 Å². The van der Waals surface area contributed by atoms with Crippen LogP contribution in [-0.2, 0) is 11.2 Å². The number of aryl methyl sites for hydroxylation is 1. The highest BCUT2D eigenvalue weighted by Gasteiger charge is 2.18. The lowest BCUT2D eigenvalue weighted by Gasteiger charge is -2.10. The standard InChI is InChI=1S/C28H24ClN5O2S2/c1-18-8-9-19(15-24(18)29)14-23-16-30-27(38-23)31-25(35)17-37-28-33-32-26(20-10-12-22(36-2)13-11-20)34(28)21-6-4-3-5-7-21/h3-13,15-16H,14,17H2,1-2H3,(H,30,31,35). The Labute approximate surface area is 233 Å². The fourth-order valence-corrected chi connectivity index (χ4v) is 5.60. The number of aromatic nitrogens is 4. The van der Waals surface area contributed by atoms with Crippen molar-refractivity contribution in [3.8, 4) is 22.8 Å². The summed E-state index contributed by atoms with van der Waals surface area (Å²) in [6, 6.07) is 23.5. The summed E-state index contributed by atoms with van der Waals surface area (Å²) in [6.45, 7) is 1.98. The van der Waals surface area contributed by atoms with Crippen molar-refractivity contribution in [2.75, 3.05) is 18.2 Å². The molecule has 0 saturated carbocycles. The van der Waals surface area contributed by atoms with Crippen LogP contribution in [0.15, 0.2) is 84.1 Å². The molecule has 0 unspecified atom stereocenters. The second kappa shape index (κ2) is 11.8. The molecular weight excluding hydrogens is 538 g/mol. The van der Waals surface area contributed by atoms with Gasteiger partial charge in [-0.25, -0.2) is 4.98 Å². The maximum absolute atomic E-state index is 12.8. The van der Waals surface area contributed by atoms with Crippen molar-refractivity contribution in [1.82, 2.24) is 19.7 Å². The molecule has 0 saturated heterocycles. The van der Waals surface area contributed by atoms with Crippen molar-refractivity contribution in [2.24, 2.45) is 0 Å². The lowest BCUT2D eigenvalue weighted by Crippen LogP contribution is -2.14. The number of halogens is 1. The maximum Gasteiger partial charge on any atom is 0.236 e. The van der Waals surface area contributed by atoms with Crippen LogP contribution in [-0.4, -0.2) is 38.5 Å². The van der Waals surface area contributed by atoms with Crippen molar-refractivity contribution < 1.29 is 9.53 Å². The maximum atomic E-state index is 12.8. The van der Waals surface area contributed by atoms with Gasteiger partial charge in [0.1, 0.15) is 5.75 Å². The van der Waals surface area contributed by atoms with Crippen LogP contribution in [0, 0.1) is 6.92 Å². The van der Waals surface area contributed by atoms with Gasteiger partial charge < -0.3 is 10.1 Å². The molecule has 0 aliphatic carbocycles. The van der Waals surface area contributed by atoms with Crippen LogP contribution < -0.4 is 10.1 Å². The van der Waals surface area contributed by atoms with Crippen LogP contribution in [0.4, 0.5) is 5.13 Å². The largest absolute Gasteiger partial charge is 0.497 e. The van der Waals surface area contributed by atoms with E-state index in [9.17, 15) is 4.79 Å². The van der Waals surface area contributed by atoms with Crippen molar-refractivity contribution >= 4 is 45.7 Å². The Morgan fingerprint density at radius 2 is 1.87 bits per heavy atom. The predicted molar refractivity (Wildman–Crippen MR) is 154 cm³/mol. The average Bonchev–Trinajstić information content (AvgIpc) is 3.57. The summed E-state index contributed by atoms with van der Waals surface area (Å²) in [6.07, 6.45) is 2.49. The van der Waals surface area contributed by atoms with Crippen molar-refractivity contribution in [3.05, 3.63) is 100 Å². The number of amides is 1. The van der Waals surface area contributed by atoms with Gasteiger partial charge in [0, 0.05) is 33.8 Å². The summed E-state index contributed by atoms with van der Waals surface area (Å²) in [5, 5.41) is 13.7. The average molecular weight is 562 g/mol. The Hall–Kier alpha value is -3.66. The Balaban J connectivity index is 1.28. The second-order valence-corrected chi connectivity index (χ2v) is 10.9. The Morgan fingerprint density at radius 1 is 1.08 bits per heavy atom. The first-order chi connectivity index (χ1) is 18.5. The van der Waals surface area contributed by atoms with Gasteiger partial charge in [-0.05, 0) is 60.5 Å². The van der Waals surface area contributed by atoms with E-state index in [0.29, 0.717) is 22.5 Å². The Bertz CT molecular complexity index is 1550. The third-order valence-electron chi connectivity index (χ3n) is 5.74. The number of thiazole rings is 1. The van der Waals surface area contributed by atoms with Gasteiger partial charge in [-0.2, -0.15) is 0 Å². The van der Waals surface area contributed by atoms with Crippen molar-refractivity contribution in [3.63, 3.8) is 0 Å². The van der Waals surface area contributed by atoms with E-state index in [1.807, 2.05) is 78.2 Å².